The zero-order valence-electron chi connectivity index (χ0n) is 13.2. The van der Waals surface area contributed by atoms with Crippen LogP contribution in [0.1, 0.15) is 19.8 Å². The van der Waals surface area contributed by atoms with Gasteiger partial charge in [0.25, 0.3) is 12.2 Å². The Kier molecular flexibility index (Phi) is 8.40. The number of nitro benzene ring substituents is 1. The van der Waals surface area contributed by atoms with Gasteiger partial charge in [-0.1, -0.05) is 48.7 Å². The predicted octanol–water partition coefficient (Wildman–Crippen LogP) is 4.25. The zero-order chi connectivity index (χ0) is 19.0. The van der Waals surface area contributed by atoms with E-state index in [1.807, 2.05) is 6.92 Å². The molecule has 1 unspecified atom stereocenters. The summed E-state index contributed by atoms with van der Waals surface area (Å²) in [6.45, 7) is 2.17. The van der Waals surface area contributed by atoms with Crippen LogP contribution in [0.2, 0.25) is 0 Å². The van der Waals surface area contributed by atoms with Crippen molar-refractivity contribution in [1.29, 1.82) is 0 Å². The molecule has 1 atom stereocenters. The maximum Gasteiger partial charge on any atom is 0.325 e. The van der Waals surface area contributed by atoms with E-state index >= 15 is 0 Å². The molecule has 0 saturated carbocycles. The van der Waals surface area contributed by atoms with Crippen molar-refractivity contribution in [3.63, 3.8) is 0 Å². The third kappa shape index (κ3) is 6.33. The van der Waals surface area contributed by atoms with Crippen LogP contribution in [0.5, 0.6) is 0 Å². The third-order valence-corrected chi connectivity index (χ3v) is 3.87. The summed E-state index contributed by atoms with van der Waals surface area (Å²) in [6.07, 6.45) is -0.0364. The maximum atomic E-state index is 12.6. The molecule has 1 rings (SSSR count). The Hall–Kier alpha value is -1.58. The molecule has 25 heavy (non-hydrogen) atoms. The molecule has 0 aromatic heterocycles. The van der Waals surface area contributed by atoms with E-state index in [1.54, 1.807) is 0 Å². The second kappa shape index (κ2) is 9.79. The molecule has 1 N–H and O–H groups in total. The van der Waals surface area contributed by atoms with Gasteiger partial charge in [-0.15, -0.1) is 0 Å². The second-order valence-electron chi connectivity index (χ2n) is 4.88. The van der Waals surface area contributed by atoms with Crippen LogP contribution in [0.4, 0.5) is 16.2 Å². The molecule has 0 radical (unpaired) electrons. The smallest absolute Gasteiger partial charge is 0.325 e. The first kappa shape index (κ1) is 21.5. The van der Waals surface area contributed by atoms with Gasteiger partial charge in [-0.25, -0.2) is 4.79 Å². The minimum atomic E-state index is -1.76. The van der Waals surface area contributed by atoms with E-state index in [0.29, 0.717) is 6.42 Å². The number of alkyl halides is 3. The van der Waals surface area contributed by atoms with Gasteiger partial charge in [0.15, 0.2) is 0 Å². The number of hydrogen-bond acceptors (Lipinski definition) is 5. The predicted molar refractivity (Wildman–Crippen MR) is 98.0 cm³/mol. The van der Waals surface area contributed by atoms with Crippen molar-refractivity contribution in [2.45, 2.75) is 29.2 Å². The Morgan fingerprint density at radius 3 is 2.68 bits per heavy atom. The Bertz CT molecular complexity index is 627. The Labute approximate surface area is 162 Å². The number of urea groups is 1. The number of rotatable bonds is 9. The molecule has 0 aliphatic heterocycles. The molecule has 1 aromatic carbocycles. The molecule has 138 valence electrons. The summed E-state index contributed by atoms with van der Waals surface area (Å²) in [6, 6.07) is 4.90. The first-order valence-corrected chi connectivity index (χ1v) is 8.74. The molecular weight excluding hydrogens is 441 g/mol. The summed E-state index contributed by atoms with van der Waals surface area (Å²) in [5, 5.41) is 13.5. The van der Waals surface area contributed by atoms with Gasteiger partial charge in [-0.05, 0) is 28.4 Å². The molecule has 0 bridgehead atoms. The van der Waals surface area contributed by atoms with Gasteiger partial charge < -0.3 is 10.1 Å². The number of nitro groups is 1. The summed E-state index contributed by atoms with van der Waals surface area (Å²) in [5.74, 6) is 0. The normalized spacial score (nSPS) is 12.2. The molecule has 0 aliphatic carbocycles. The maximum absolute atomic E-state index is 12.6. The molecule has 0 aliphatic rings. The summed E-state index contributed by atoms with van der Waals surface area (Å²) in [7, 11) is 0. The fourth-order valence-corrected chi connectivity index (χ4v) is 2.65. The van der Waals surface area contributed by atoms with Crippen LogP contribution in [-0.2, 0) is 9.53 Å². The molecule has 2 amide bonds. The number of amides is 2. The van der Waals surface area contributed by atoms with Gasteiger partial charge in [0, 0.05) is 12.6 Å². The van der Waals surface area contributed by atoms with Gasteiger partial charge in [0.1, 0.15) is 5.69 Å². The number of nitrogens with zero attached hydrogens (tertiary/aromatic N) is 2. The van der Waals surface area contributed by atoms with E-state index in [1.165, 1.54) is 24.3 Å². The van der Waals surface area contributed by atoms with Crippen molar-refractivity contribution in [3.05, 3.63) is 34.4 Å². The molecule has 0 fully saturated rings. The Balaban J connectivity index is 3.12. The first-order valence-electron chi connectivity index (χ1n) is 7.19. The number of ether oxygens (including phenoxy) is 1. The molecule has 0 saturated heterocycles. The number of unbranched alkanes of at least 4 members (excludes halogenated alkanes) is 1. The lowest BCUT2D eigenvalue weighted by Gasteiger charge is -2.34. The number of para-hydroxylation sites is 2. The molecule has 0 spiro atoms. The first-order chi connectivity index (χ1) is 11.7. The minimum Gasteiger partial charge on any atom is -0.439 e. The van der Waals surface area contributed by atoms with E-state index < -0.39 is 20.4 Å². The van der Waals surface area contributed by atoms with Crippen molar-refractivity contribution in [2.24, 2.45) is 0 Å². The van der Waals surface area contributed by atoms with Crippen molar-refractivity contribution in [3.8, 4) is 0 Å². The molecule has 8 nitrogen and oxygen atoms in total. The summed E-state index contributed by atoms with van der Waals surface area (Å²) < 4.78 is 3.08. The van der Waals surface area contributed by atoms with Crippen molar-refractivity contribution < 1.29 is 19.2 Å². The fraction of sp³-hybridized carbons (Fsp3) is 0.429. The van der Waals surface area contributed by atoms with E-state index in [-0.39, 0.29) is 24.4 Å². The highest BCUT2D eigenvalue weighted by Gasteiger charge is 2.41. The average molecular weight is 457 g/mol. The fourth-order valence-electron chi connectivity index (χ4n) is 1.96. The van der Waals surface area contributed by atoms with Crippen molar-refractivity contribution >= 4 is 63.0 Å². The zero-order valence-corrected chi connectivity index (χ0v) is 16.3. The number of carbonyl (C=O) groups is 2. The van der Waals surface area contributed by atoms with E-state index in [9.17, 15) is 19.7 Å². The monoisotopic (exact) mass is 455 g/mol. The van der Waals surface area contributed by atoms with Gasteiger partial charge in [0.05, 0.1) is 4.92 Å². The quantitative estimate of drug-likeness (QED) is 0.197. The number of benzene rings is 1. The van der Waals surface area contributed by atoms with Crippen molar-refractivity contribution in [2.75, 3.05) is 11.9 Å². The highest BCUT2D eigenvalue weighted by atomic mass is 79.9. The Morgan fingerprint density at radius 1 is 1.52 bits per heavy atom. The largest absolute Gasteiger partial charge is 0.439 e. The van der Waals surface area contributed by atoms with Crippen LogP contribution in [0.15, 0.2) is 24.3 Å². The van der Waals surface area contributed by atoms with Gasteiger partial charge in [0.2, 0.25) is 9.47 Å². The minimum absolute atomic E-state index is 0.00633. The van der Waals surface area contributed by atoms with Crippen LogP contribution in [0.3, 0.4) is 0 Å². The highest BCUT2D eigenvalue weighted by Crippen LogP contribution is 2.36. The topological polar surface area (TPSA) is 102 Å². The van der Waals surface area contributed by atoms with Gasteiger partial charge >= 0.3 is 6.03 Å². The summed E-state index contributed by atoms with van der Waals surface area (Å²) in [5.41, 5.74) is -0.283. The number of anilines is 1. The van der Waals surface area contributed by atoms with Crippen molar-refractivity contribution in [1.82, 2.24) is 4.90 Å². The summed E-state index contributed by atoms with van der Waals surface area (Å²) in [4.78, 5) is 34.9. The highest BCUT2D eigenvalue weighted by molar-refractivity contribution is 9.11. The van der Waals surface area contributed by atoms with Gasteiger partial charge in [-0.3, -0.25) is 19.8 Å². The lowest BCUT2D eigenvalue weighted by molar-refractivity contribution is -0.383. The van der Waals surface area contributed by atoms with E-state index in [4.69, 9.17) is 27.9 Å². The lowest BCUT2D eigenvalue weighted by atomic mass is 10.2. The lowest BCUT2D eigenvalue weighted by Crippen LogP contribution is -2.50. The number of carbonyl (C=O) groups excluding carboxylic acids is 2. The second-order valence-corrected chi connectivity index (χ2v) is 8.43. The van der Waals surface area contributed by atoms with Crippen LogP contribution >= 0.6 is 39.1 Å². The molecule has 0 heterocycles. The van der Waals surface area contributed by atoms with E-state index in [2.05, 4.69) is 21.2 Å². The SMILES string of the molecule is CCCCN(C(=O)Nc1ccccc1[N+](=O)[O-])C(OC=O)C(Cl)(Cl)Br. The van der Waals surface area contributed by atoms with Gasteiger partial charge in [-0.2, -0.15) is 0 Å². The summed E-state index contributed by atoms with van der Waals surface area (Å²) >= 11 is 14.8. The van der Waals surface area contributed by atoms with Crippen LogP contribution in [0.25, 0.3) is 0 Å². The third-order valence-electron chi connectivity index (χ3n) is 3.10. The van der Waals surface area contributed by atoms with Crippen LogP contribution in [-0.4, -0.2) is 38.3 Å². The molecule has 1 aromatic rings. The average Bonchev–Trinajstić information content (AvgIpc) is 2.53. The number of nitrogens with one attached hydrogen (secondary N) is 1. The Morgan fingerprint density at radius 2 is 2.16 bits per heavy atom. The van der Waals surface area contributed by atoms with Crippen LogP contribution < -0.4 is 5.32 Å². The number of hydrogen-bond donors (Lipinski definition) is 1. The molecular formula is C14H16BrCl2N3O5. The number of halogens is 3. The standard InChI is InChI=1S/C14H16BrCl2N3O5/c1-2-3-8-19(12(25-9-21)14(15,16)17)13(22)18-10-6-4-5-7-11(10)20(23)24/h4-7,9,12H,2-3,8H2,1H3,(H,18,22). The van der Waals surface area contributed by atoms with E-state index in [0.717, 1.165) is 11.3 Å². The molecule has 11 heteroatoms. The van der Waals surface area contributed by atoms with Crippen LogP contribution in [0, 0.1) is 10.1 Å².